The quantitative estimate of drug-likeness (QED) is 0.708. The molecule has 0 aliphatic heterocycles. The minimum Gasteiger partial charge on any atom is -0.491 e. The van der Waals surface area contributed by atoms with Gasteiger partial charge in [0.05, 0.1) is 6.61 Å². The van der Waals surface area contributed by atoms with Crippen LogP contribution in [0.5, 0.6) is 5.75 Å². The summed E-state index contributed by atoms with van der Waals surface area (Å²) >= 11 is 0. The lowest BCUT2D eigenvalue weighted by atomic mass is 10.1. The third-order valence-corrected chi connectivity index (χ3v) is 2.82. The lowest BCUT2D eigenvalue weighted by Gasteiger charge is -2.11. The third kappa shape index (κ3) is 7.46. The molecule has 1 aromatic rings. The van der Waals surface area contributed by atoms with Crippen LogP contribution in [0.15, 0.2) is 18.2 Å². The number of rotatable bonds is 9. The van der Waals surface area contributed by atoms with Gasteiger partial charge >= 0.3 is 0 Å². The van der Waals surface area contributed by atoms with Gasteiger partial charge in [-0.2, -0.15) is 0 Å². The SMILES string of the molecule is CC(C)CCOCCOc1cc(F)cc(CC(C)N)c1. The Kier molecular flexibility index (Phi) is 7.55. The topological polar surface area (TPSA) is 44.5 Å². The van der Waals surface area contributed by atoms with Crippen LogP contribution in [0.2, 0.25) is 0 Å². The molecule has 20 heavy (non-hydrogen) atoms. The van der Waals surface area contributed by atoms with E-state index in [1.54, 1.807) is 0 Å². The van der Waals surface area contributed by atoms with Gasteiger partial charge < -0.3 is 15.2 Å². The van der Waals surface area contributed by atoms with Crippen molar-refractivity contribution in [1.82, 2.24) is 0 Å². The molecule has 0 amide bonds. The Bertz CT molecular complexity index is 394. The largest absolute Gasteiger partial charge is 0.491 e. The Balaban J connectivity index is 2.34. The molecule has 1 rings (SSSR count). The summed E-state index contributed by atoms with van der Waals surface area (Å²) < 4.78 is 24.4. The molecule has 1 aromatic carbocycles. The van der Waals surface area contributed by atoms with Crippen molar-refractivity contribution >= 4 is 0 Å². The summed E-state index contributed by atoms with van der Waals surface area (Å²) in [5.74, 6) is 0.881. The first kappa shape index (κ1) is 16.9. The lowest BCUT2D eigenvalue weighted by Crippen LogP contribution is -2.18. The number of ether oxygens (including phenoxy) is 2. The first-order valence-electron chi connectivity index (χ1n) is 7.23. The molecule has 0 aliphatic carbocycles. The molecule has 0 aliphatic rings. The molecule has 0 saturated heterocycles. The monoisotopic (exact) mass is 283 g/mol. The zero-order valence-electron chi connectivity index (χ0n) is 12.7. The maximum atomic E-state index is 13.4. The summed E-state index contributed by atoms with van der Waals surface area (Å²) in [5.41, 5.74) is 6.58. The summed E-state index contributed by atoms with van der Waals surface area (Å²) in [7, 11) is 0. The molecule has 2 N–H and O–H groups in total. The molecule has 1 unspecified atom stereocenters. The number of benzene rings is 1. The molecule has 0 fully saturated rings. The fraction of sp³-hybridized carbons (Fsp3) is 0.625. The average molecular weight is 283 g/mol. The number of halogens is 1. The second kappa shape index (κ2) is 8.93. The number of hydrogen-bond acceptors (Lipinski definition) is 3. The summed E-state index contributed by atoms with van der Waals surface area (Å²) in [5, 5.41) is 0. The van der Waals surface area contributed by atoms with Crippen molar-refractivity contribution in [3.8, 4) is 5.75 Å². The molecular formula is C16H26FNO2. The van der Waals surface area contributed by atoms with Crippen LogP contribution in [-0.4, -0.2) is 25.9 Å². The minimum absolute atomic E-state index is 0.00372. The number of hydrogen-bond donors (Lipinski definition) is 1. The standard InChI is InChI=1S/C16H26FNO2/c1-12(2)4-5-19-6-7-20-16-10-14(8-13(3)18)9-15(17)11-16/h9-13H,4-8,18H2,1-3H3. The number of nitrogens with two attached hydrogens (primary N) is 1. The molecule has 0 heterocycles. The van der Waals surface area contributed by atoms with Gasteiger partial charge in [-0.25, -0.2) is 4.39 Å². The van der Waals surface area contributed by atoms with Crippen molar-refractivity contribution in [2.45, 2.75) is 39.7 Å². The van der Waals surface area contributed by atoms with E-state index in [-0.39, 0.29) is 11.9 Å². The molecule has 1 atom stereocenters. The zero-order valence-corrected chi connectivity index (χ0v) is 12.7. The molecule has 4 heteroatoms. The summed E-state index contributed by atoms with van der Waals surface area (Å²) in [6.45, 7) is 7.90. The van der Waals surface area contributed by atoms with Crippen LogP contribution in [0.1, 0.15) is 32.8 Å². The maximum absolute atomic E-state index is 13.4. The first-order valence-corrected chi connectivity index (χ1v) is 7.23. The third-order valence-electron chi connectivity index (χ3n) is 2.82. The highest BCUT2D eigenvalue weighted by Crippen LogP contribution is 2.17. The Labute approximate surface area is 121 Å². The van der Waals surface area contributed by atoms with Crippen LogP contribution >= 0.6 is 0 Å². The predicted molar refractivity (Wildman–Crippen MR) is 79.5 cm³/mol. The van der Waals surface area contributed by atoms with Gasteiger partial charge in [-0.1, -0.05) is 13.8 Å². The lowest BCUT2D eigenvalue weighted by molar-refractivity contribution is 0.0924. The van der Waals surface area contributed by atoms with Crippen molar-refractivity contribution in [2.75, 3.05) is 19.8 Å². The molecule has 114 valence electrons. The fourth-order valence-electron chi connectivity index (χ4n) is 1.83. The molecule has 3 nitrogen and oxygen atoms in total. The van der Waals surface area contributed by atoms with Crippen LogP contribution in [-0.2, 0) is 11.2 Å². The van der Waals surface area contributed by atoms with Crippen LogP contribution in [0.4, 0.5) is 4.39 Å². The van der Waals surface area contributed by atoms with E-state index in [1.807, 2.05) is 13.0 Å². The van der Waals surface area contributed by atoms with Crippen molar-refractivity contribution < 1.29 is 13.9 Å². The van der Waals surface area contributed by atoms with Crippen molar-refractivity contribution in [3.05, 3.63) is 29.6 Å². The highest BCUT2D eigenvalue weighted by molar-refractivity contribution is 5.30. The maximum Gasteiger partial charge on any atom is 0.127 e. The molecule has 0 aromatic heterocycles. The van der Waals surface area contributed by atoms with E-state index in [9.17, 15) is 4.39 Å². The highest BCUT2D eigenvalue weighted by Gasteiger charge is 2.04. The molecular weight excluding hydrogens is 257 g/mol. The van der Waals surface area contributed by atoms with Gasteiger partial charge in [0, 0.05) is 18.7 Å². The Morgan fingerprint density at radius 1 is 1.10 bits per heavy atom. The smallest absolute Gasteiger partial charge is 0.127 e. The van der Waals surface area contributed by atoms with Gasteiger partial charge in [-0.05, 0) is 43.4 Å². The van der Waals surface area contributed by atoms with E-state index in [1.165, 1.54) is 12.1 Å². The second-order valence-corrected chi connectivity index (χ2v) is 5.62. The van der Waals surface area contributed by atoms with E-state index < -0.39 is 0 Å². The molecule has 0 bridgehead atoms. The van der Waals surface area contributed by atoms with Crippen LogP contribution in [0.25, 0.3) is 0 Å². The summed E-state index contributed by atoms with van der Waals surface area (Å²) in [4.78, 5) is 0. The Morgan fingerprint density at radius 3 is 2.50 bits per heavy atom. The van der Waals surface area contributed by atoms with Gasteiger partial charge in [0.15, 0.2) is 0 Å². The van der Waals surface area contributed by atoms with Gasteiger partial charge in [0.2, 0.25) is 0 Å². The van der Waals surface area contributed by atoms with Crippen molar-refractivity contribution in [2.24, 2.45) is 11.7 Å². The van der Waals surface area contributed by atoms with Gasteiger partial charge in [0.1, 0.15) is 18.2 Å². The fourth-order valence-corrected chi connectivity index (χ4v) is 1.83. The average Bonchev–Trinajstić information content (AvgIpc) is 2.31. The summed E-state index contributed by atoms with van der Waals surface area (Å²) in [6.07, 6.45) is 1.68. The molecule has 0 saturated carbocycles. The Morgan fingerprint density at radius 2 is 1.85 bits per heavy atom. The van der Waals surface area contributed by atoms with Crippen LogP contribution in [0.3, 0.4) is 0 Å². The van der Waals surface area contributed by atoms with Crippen molar-refractivity contribution in [3.63, 3.8) is 0 Å². The van der Waals surface area contributed by atoms with Gasteiger partial charge in [-0.3, -0.25) is 0 Å². The van der Waals surface area contributed by atoms with Crippen molar-refractivity contribution in [1.29, 1.82) is 0 Å². The zero-order chi connectivity index (χ0) is 15.0. The van der Waals surface area contributed by atoms with E-state index >= 15 is 0 Å². The normalized spacial score (nSPS) is 12.7. The van der Waals surface area contributed by atoms with Crippen LogP contribution < -0.4 is 10.5 Å². The first-order chi connectivity index (χ1) is 9.47. The van der Waals surface area contributed by atoms with Crippen LogP contribution in [0, 0.1) is 11.7 Å². The Hall–Kier alpha value is -1.13. The van der Waals surface area contributed by atoms with E-state index in [0.29, 0.717) is 31.3 Å². The van der Waals surface area contributed by atoms with E-state index in [0.717, 1.165) is 18.6 Å². The van der Waals surface area contributed by atoms with E-state index in [2.05, 4.69) is 13.8 Å². The van der Waals surface area contributed by atoms with E-state index in [4.69, 9.17) is 15.2 Å². The molecule has 0 radical (unpaired) electrons. The van der Waals surface area contributed by atoms with Gasteiger partial charge in [0.25, 0.3) is 0 Å². The van der Waals surface area contributed by atoms with Gasteiger partial charge in [-0.15, -0.1) is 0 Å². The minimum atomic E-state index is -0.293. The highest BCUT2D eigenvalue weighted by atomic mass is 19.1. The molecule has 0 spiro atoms. The second-order valence-electron chi connectivity index (χ2n) is 5.62. The summed E-state index contributed by atoms with van der Waals surface area (Å²) in [6, 6.07) is 4.72. The predicted octanol–water partition coefficient (Wildman–Crippen LogP) is 3.16.